The summed E-state index contributed by atoms with van der Waals surface area (Å²) in [5, 5.41) is 15.1. The first-order valence-corrected chi connectivity index (χ1v) is 6.97. The van der Waals surface area contributed by atoms with Gasteiger partial charge in [0.15, 0.2) is 0 Å². The minimum absolute atomic E-state index is 0.113. The molecule has 0 aliphatic heterocycles. The Hall–Kier alpha value is -1.40. The summed E-state index contributed by atoms with van der Waals surface area (Å²) >= 11 is 4.87. The van der Waals surface area contributed by atoms with Crippen molar-refractivity contribution in [3.05, 3.63) is 55.2 Å². The van der Waals surface area contributed by atoms with Gasteiger partial charge in [-0.05, 0) is 34.5 Å². The van der Waals surface area contributed by atoms with Crippen LogP contribution in [0.2, 0.25) is 0 Å². The molecular formula is C12H11BrN2O2S. The number of nitro groups is 1. The highest BCUT2D eigenvalue weighted by molar-refractivity contribution is 9.10. The summed E-state index contributed by atoms with van der Waals surface area (Å²) in [4.78, 5) is 12.6. The van der Waals surface area contributed by atoms with Crippen LogP contribution in [0.15, 0.2) is 39.5 Å². The minimum atomic E-state index is -0.357. The van der Waals surface area contributed by atoms with Crippen LogP contribution in [-0.2, 0) is 6.54 Å². The van der Waals surface area contributed by atoms with Crippen LogP contribution in [0, 0.1) is 10.1 Å². The molecule has 0 unspecified atom stereocenters. The molecule has 4 nitrogen and oxygen atoms in total. The molecule has 0 bridgehead atoms. The van der Waals surface area contributed by atoms with Crippen LogP contribution in [0.25, 0.3) is 0 Å². The lowest BCUT2D eigenvalue weighted by molar-refractivity contribution is -0.384. The van der Waals surface area contributed by atoms with E-state index in [-0.39, 0.29) is 10.6 Å². The first kappa shape index (κ1) is 13.0. The molecule has 6 heteroatoms. The van der Waals surface area contributed by atoms with Crippen molar-refractivity contribution in [3.63, 3.8) is 0 Å². The topological polar surface area (TPSA) is 46.4 Å². The Labute approximate surface area is 117 Å². The van der Waals surface area contributed by atoms with Crippen molar-refractivity contribution in [1.29, 1.82) is 0 Å². The predicted octanol–water partition coefficient (Wildman–Crippen LogP) is 4.06. The van der Waals surface area contributed by atoms with Crippen LogP contribution in [0.4, 0.5) is 11.4 Å². The maximum atomic E-state index is 11.0. The molecular weight excluding hydrogens is 316 g/mol. The highest BCUT2D eigenvalue weighted by Crippen LogP contribution is 2.31. The van der Waals surface area contributed by atoms with Gasteiger partial charge in [0.25, 0.3) is 5.69 Å². The van der Waals surface area contributed by atoms with E-state index in [1.165, 1.54) is 6.07 Å². The lowest BCUT2D eigenvalue weighted by atomic mass is 10.2. The molecule has 1 heterocycles. The zero-order valence-electron chi connectivity index (χ0n) is 9.67. The van der Waals surface area contributed by atoms with Gasteiger partial charge in [0.1, 0.15) is 5.69 Å². The summed E-state index contributed by atoms with van der Waals surface area (Å²) < 4.78 is 0.710. The van der Waals surface area contributed by atoms with Crippen molar-refractivity contribution in [2.24, 2.45) is 0 Å². The van der Waals surface area contributed by atoms with E-state index < -0.39 is 0 Å². The van der Waals surface area contributed by atoms with Crippen molar-refractivity contribution < 1.29 is 4.92 Å². The molecule has 94 valence electrons. The Balaban J connectivity index is 2.29. The van der Waals surface area contributed by atoms with E-state index >= 15 is 0 Å². The van der Waals surface area contributed by atoms with Crippen LogP contribution < -0.4 is 4.90 Å². The number of thiophene rings is 1. The van der Waals surface area contributed by atoms with E-state index in [9.17, 15) is 10.1 Å². The average molecular weight is 327 g/mol. The van der Waals surface area contributed by atoms with Crippen molar-refractivity contribution in [3.8, 4) is 0 Å². The Morgan fingerprint density at radius 2 is 2.22 bits per heavy atom. The molecule has 1 aromatic heterocycles. The number of benzene rings is 1. The maximum absolute atomic E-state index is 11.0. The zero-order chi connectivity index (χ0) is 13.1. The smallest absolute Gasteiger partial charge is 0.293 e. The van der Waals surface area contributed by atoms with E-state index in [0.29, 0.717) is 16.7 Å². The first-order chi connectivity index (χ1) is 8.58. The molecule has 0 aliphatic rings. The second kappa shape index (κ2) is 5.49. The number of rotatable bonds is 4. The van der Waals surface area contributed by atoms with Gasteiger partial charge in [-0.2, -0.15) is 11.3 Å². The summed E-state index contributed by atoms with van der Waals surface area (Å²) in [6, 6.07) is 7.12. The number of nitro benzene ring substituents is 1. The van der Waals surface area contributed by atoms with Gasteiger partial charge in [-0.25, -0.2) is 0 Å². The fourth-order valence-electron chi connectivity index (χ4n) is 1.71. The standard InChI is InChI=1S/C12H11BrN2O2S/c1-14(7-9-4-5-18-8-9)11-3-2-10(13)6-12(11)15(16)17/h2-6,8H,7H2,1H3. The molecule has 0 saturated heterocycles. The molecule has 0 spiro atoms. The number of halogens is 1. The van der Waals surface area contributed by atoms with Crippen LogP contribution in [0.1, 0.15) is 5.56 Å². The van der Waals surface area contributed by atoms with Crippen LogP contribution in [0.5, 0.6) is 0 Å². The summed E-state index contributed by atoms with van der Waals surface area (Å²) in [7, 11) is 1.86. The molecule has 1 aromatic carbocycles. The molecule has 0 atom stereocenters. The largest absolute Gasteiger partial charge is 0.365 e. The third-order valence-corrected chi connectivity index (χ3v) is 3.77. The van der Waals surface area contributed by atoms with Crippen LogP contribution in [-0.4, -0.2) is 12.0 Å². The Morgan fingerprint density at radius 3 is 2.83 bits per heavy atom. The lowest BCUT2D eigenvalue weighted by Gasteiger charge is -2.18. The van der Waals surface area contributed by atoms with Gasteiger partial charge in [-0.15, -0.1) is 0 Å². The van der Waals surface area contributed by atoms with E-state index in [2.05, 4.69) is 15.9 Å². The van der Waals surface area contributed by atoms with E-state index in [1.807, 2.05) is 34.8 Å². The number of hydrogen-bond acceptors (Lipinski definition) is 4. The molecule has 2 rings (SSSR count). The van der Waals surface area contributed by atoms with Gasteiger partial charge in [0.05, 0.1) is 4.92 Å². The average Bonchev–Trinajstić information content (AvgIpc) is 2.81. The SMILES string of the molecule is CN(Cc1ccsc1)c1ccc(Br)cc1[N+](=O)[O-]. The summed E-state index contributed by atoms with van der Waals surface area (Å²) in [6.45, 7) is 0.659. The Morgan fingerprint density at radius 1 is 1.44 bits per heavy atom. The normalized spacial score (nSPS) is 10.3. The molecule has 0 N–H and O–H groups in total. The summed E-state index contributed by atoms with van der Waals surface area (Å²) in [5.74, 6) is 0. The van der Waals surface area contributed by atoms with Gasteiger partial charge >= 0.3 is 0 Å². The second-order valence-electron chi connectivity index (χ2n) is 3.88. The van der Waals surface area contributed by atoms with Crippen molar-refractivity contribution >= 4 is 38.6 Å². The minimum Gasteiger partial charge on any atom is -0.365 e. The molecule has 0 radical (unpaired) electrons. The predicted molar refractivity (Wildman–Crippen MR) is 77.2 cm³/mol. The quantitative estimate of drug-likeness (QED) is 0.628. The van der Waals surface area contributed by atoms with Gasteiger partial charge in [-0.3, -0.25) is 10.1 Å². The fourth-order valence-corrected chi connectivity index (χ4v) is 2.72. The third-order valence-electron chi connectivity index (χ3n) is 2.55. The number of anilines is 1. The molecule has 18 heavy (non-hydrogen) atoms. The molecule has 0 saturated carbocycles. The van der Waals surface area contributed by atoms with E-state index in [1.54, 1.807) is 17.4 Å². The molecule has 0 fully saturated rings. The highest BCUT2D eigenvalue weighted by Gasteiger charge is 2.17. The molecule has 2 aromatic rings. The van der Waals surface area contributed by atoms with Gasteiger partial charge in [0, 0.05) is 24.1 Å². The molecule has 0 aliphatic carbocycles. The zero-order valence-corrected chi connectivity index (χ0v) is 12.1. The Kier molecular flexibility index (Phi) is 3.98. The third kappa shape index (κ3) is 2.88. The second-order valence-corrected chi connectivity index (χ2v) is 5.57. The van der Waals surface area contributed by atoms with Gasteiger partial charge in [-0.1, -0.05) is 15.9 Å². The summed E-state index contributed by atoms with van der Waals surface area (Å²) in [6.07, 6.45) is 0. The highest BCUT2D eigenvalue weighted by atomic mass is 79.9. The van der Waals surface area contributed by atoms with Crippen molar-refractivity contribution in [2.75, 3.05) is 11.9 Å². The van der Waals surface area contributed by atoms with Crippen LogP contribution >= 0.6 is 27.3 Å². The van der Waals surface area contributed by atoms with Gasteiger partial charge in [0.2, 0.25) is 0 Å². The van der Waals surface area contributed by atoms with E-state index in [0.717, 1.165) is 5.56 Å². The van der Waals surface area contributed by atoms with Gasteiger partial charge < -0.3 is 4.90 Å². The monoisotopic (exact) mass is 326 g/mol. The lowest BCUT2D eigenvalue weighted by Crippen LogP contribution is -2.17. The first-order valence-electron chi connectivity index (χ1n) is 5.24. The Bertz CT molecular complexity index is 557. The fraction of sp³-hybridized carbons (Fsp3) is 0.167. The summed E-state index contributed by atoms with van der Waals surface area (Å²) in [5.41, 5.74) is 1.89. The maximum Gasteiger partial charge on any atom is 0.293 e. The van der Waals surface area contributed by atoms with Crippen LogP contribution in [0.3, 0.4) is 0 Å². The van der Waals surface area contributed by atoms with Crippen molar-refractivity contribution in [1.82, 2.24) is 0 Å². The van der Waals surface area contributed by atoms with Crippen molar-refractivity contribution in [2.45, 2.75) is 6.54 Å². The number of nitrogens with zero attached hydrogens (tertiary/aromatic N) is 2. The number of hydrogen-bond donors (Lipinski definition) is 0. The van der Waals surface area contributed by atoms with E-state index in [4.69, 9.17) is 0 Å². The molecule has 0 amide bonds.